The molecule has 0 aromatic carbocycles. The molecule has 7 nitrogen and oxygen atoms in total. The van der Waals surface area contributed by atoms with Crippen LogP contribution in [0.5, 0.6) is 0 Å². The van der Waals surface area contributed by atoms with Crippen LogP contribution in [-0.2, 0) is 9.59 Å². The summed E-state index contributed by atoms with van der Waals surface area (Å²) in [6.07, 6.45) is 3.35. The van der Waals surface area contributed by atoms with Gasteiger partial charge in [-0.2, -0.15) is 0 Å². The number of aliphatic carboxylic acids is 2. The van der Waals surface area contributed by atoms with E-state index in [9.17, 15) is 14.4 Å². The average molecular weight is 286 g/mol. The number of carboxylic acids is 2. The third-order valence-electron chi connectivity index (χ3n) is 3.60. The first-order valence-electron chi connectivity index (χ1n) is 6.97. The van der Waals surface area contributed by atoms with Gasteiger partial charge in [0, 0.05) is 19.0 Å². The maximum absolute atomic E-state index is 12.1. The molecule has 1 fully saturated rings. The van der Waals surface area contributed by atoms with Crippen molar-refractivity contribution in [3.05, 3.63) is 0 Å². The summed E-state index contributed by atoms with van der Waals surface area (Å²) in [7, 11) is 0. The third-order valence-corrected chi connectivity index (χ3v) is 3.60. The van der Waals surface area contributed by atoms with Crippen LogP contribution >= 0.6 is 0 Å². The predicted octanol–water partition coefficient (Wildman–Crippen LogP) is 1.28. The molecule has 0 radical (unpaired) electrons. The van der Waals surface area contributed by atoms with Crippen LogP contribution in [0.3, 0.4) is 0 Å². The van der Waals surface area contributed by atoms with Crippen LogP contribution in [0.2, 0.25) is 0 Å². The molecule has 2 amide bonds. The van der Waals surface area contributed by atoms with Gasteiger partial charge >= 0.3 is 18.0 Å². The molecule has 3 N–H and O–H groups in total. The van der Waals surface area contributed by atoms with Gasteiger partial charge in [-0.25, -0.2) is 9.59 Å². The Kier molecular flexibility index (Phi) is 6.27. The lowest BCUT2D eigenvalue weighted by Crippen LogP contribution is -2.52. The lowest BCUT2D eigenvalue weighted by atomic mass is 10.0. The Bertz CT molecular complexity index is 372. The second kappa shape index (κ2) is 7.72. The highest BCUT2D eigenvalue weighted by Gasteiger charge is 2.28. The molecule has 0 spiro atoms. The fourth-order valence-corrected chi connectivity index (χ4v) is 2.45. The average Bonchev–Trinajstić information content (AvgIpc) is 2.42. The second-order valence-electron chi connectivity index (χ2n) is 5.02. The van der Waals surface area contributed by atoms with Crippen LogP contribution in [0.25, 0.3) is 0 Å². The van der Waals surface area contributed by atoms with Gasteiger partial charge in [-0.15, -0.1) is 0 Å². The minimum absolute atomic E-state index is 0.110. The van der Waals surface area contributed by atoms with Crippen LogP contribution in [0, 0.1) is 0 Å². The first kappa shape index (κ1) is 16.3. The smallest absolute Gasteiger partial charge is 0.326 e. The summed E-state index contributed by atoms with van der Waals surface area (Å²) in [5.74, 6) is -2.28. The number of hydrogen-bond donors (Lipinski definition) is 3. The van der Waals surface area contributed by atoms with E-state index in [2.05, 4.69) is 5.32 Å². The molecule has 1 rings (SSSR count). The van der Waals surface area contributed by atoms with E-state index in [4.69, 9.17) is 10.2 Å². The standard InChI is InChI=1S/C13H22N2O5/c1-2-9-5-3-4-8-15(9)13(20)14-10(12(18)19)6-7-11(16)17/h9-10H,2-8H2,1H3,(H,14,20)(H,16,17)(H,18,19). The number of piperidine rings is 1. The fraction of sp³-hybridized carbons (Fsp3) is 0.769. The van der Waals surface area contributed by atoms with Gasteiger partial charge in [0.25, 0.3) is 0 Å². The Morgan fingerprint density at radius 3 is 2.55 bits per heavy atom. The van der Waals surface area contributed by atoms with Crippen LogP contribution in [0.1, 0.15) is 45.4 Å². The lowest BCUT2D eigenvalue weighted by molar-refractivity contribution is -0.140. The second-order valence-corrected chi connectivity index (χ2v) is 5.02. The predicted molar refractivity (Wildman–Crippen MR) is 71.5 cm³/mol. The molecule has 2 atom stereocenters. The molecule has 0 aromatic rings. The molecule has 0 bridgehead atoms. The maximum Gasteiger partial charge on any atom is 0.326 e. The highest BCUT2D eigenvalue weighted by atomic mass is 16.4. The van der Waals surface area contributed by atoms with Gasteiger partial charge in [0.1, 0.15) is 6.04 Å². The maximum atomic E-state index is 12.1. The van der Waals surface area contributed by atoms with E-state index in [0.717, 1.165) is 25.7 Å². The summed E-state index contributed by atoms with van der Waals surface area (Å²) in [6.45, 7) is 2.62. The molecule has 114 valence electrons. The van der Waals surface area contributed by atoms with E-state index in [1.165, 1.54) is 0 Å². The van der Waals surface area contributed by atoms with E-state index in [-0.39, 0.29) is 18.9 Å². The number of rotatable bonds is 6. The van der Waals surface area contributed by atoms with Gasteiger partial charge in [-0.1, -0.05) is 6.92 Å². The molecule has 1 aliphatic rings. The Morgan fingerprint density at radius 1 is 1.30 bits per heavy atom. The minimum atomic E-state index is -1.20. The van der Waals surface area contributed by atoms with Crippen molar-refractivity contribution < 1.29 is 24.6 Å². The molecular formula is C13H22N2O5. The van der Waals surface area contributed by atoms with Crippen molar-refractivity contribution in [2.24, 2.45) is 0 Å². The van der Waals surface area contributed by atoms with Gasteiger partial charge in [-0.05, 0) is 32.1 Å². The minimum Gasteiger partial charge on any atom is -0.481 e. The van der Waals surface area contributed by atoms with Crippen molar-refractivity contribution in [2.75, 3.05) is 6.54 Å². The van der Waals surface area contributed by atoms with Gasteiger partial charge in [0.05, 0.1) is 0 Å². The zero-order valence-electron chi connectivity index (χ0n) is 11.7. The number of carbonyl (C=O) groups excluding carboxylic acids is 1. The van der Waals surface area contributed by atoms with Crippen LogP contribution in [-0.4, -0.2) is 51.7 Å². The first-order chi connectivity index (χ1) is 9.45. The Morgan fingerprint density at radius 2 is 2.00 bits per heavy atom. The third kappa shape index (κ3) is 4.71. The Hall–Kier alpha value is -1.79. The molecule has 1 aliphatic heterocycles. The van der Waals surface area contributed by atoms with Crippen LogP contribution in [0.4, 0.5) is 4.79 Å². The lowest BCUT2D eigenvalue weighted by Gasteiger charge is -2.35. The number of carboxylic acid groups (broad SMARTS) is 2. The number of urea groups is 1. The molecule has 0 saturated carbocycles. The summed E-state index contributed by atoms with van der Waals surface area (Å²) in [5.41, 5.74) is 0. The molecular weight excluding hydrogens is 264 g/mol. The van der Waals surface area contributed by atoms with Gasteiger partial charge in [0.15, 0.2) is 0 Å². The number of likely N-dealkylation sites (tertiary alicyclic amines) is 1. The highest BCUT2D eigenvalue weighted by Crippen LogP contribution is 2.19. The Labute approximate surface area is 117 Å². The van der Waals surface area contributed by atoms with Gasteiger partial charge in [-0.3, -0.25) is 4.79 Å². The largest absolute Gasteiger partial charge is 0.481 e. The van der Waals surface area contributed by atoms with E-state index in [1.54, 1.807) is 4.90 Å². The first-order valence-corrected chi connectivity index (χ1v) is 6.97. The van der Waals surface area contributed by atoms with E-state index >= 15 is 0 Å². The van der Waals surface area contributed by atoms with Crippen molar-refractivity contribution in [3.63, 3.8) is 0 Å². The molecule has 2 unspecified atom stereocenters. The van der Waals surface area contributed by atoms with Crippen molar-refractivity contribution in [2.45, 2.75) is 57.5 Å². The van der Waals surface area contributed by atoms with Gasteiger partial charge in [0.2, 0.25) is 0 Å². The van der Waals surface area contributed by atoms with E-state index < -0.39 is 24.0 Å². The van der Waals surface area contributed by atoms with Crippen molar-refractivity contribution >= 4 is 18.0 Å². The molecule has 0 aromatic heterocycles. The molecule has 1 saturated heterocycles. The van der Waals surface area contributed by atoms with E-state index in [1.807, 2.05) is 6.92 Å². The van der Waals surface area contributed by atoms with Crippen molar-refractivity contribution in [1.29, 1.82) is 0 Å². The van der Waals surface area contributed by atoms with Crippen molar-refractivity contribution in [3.8, 4) is 0 Å². The summed E-state index contributed by atoms with van der Waals surface area (Å²) in [4.78, 5) is 35.3. The molecule has 0 aliphatic carbocycles. The zero-order chi connectivity index (χ0) is 15.1. The number of nitrogens with zero attached hydrogens (tertiary/aromatic N) is 1. The topological polar surface area (TPSA) is 107 Å². The number of amides is 2. The highest BCUT2D eigenvalue weighted by molar-refractivity contribution is 5.83. The van der Waals surface area contributed by atoms with E-state index in [0.29, 0.717) is 6.54 Å². The Balaban J connectivity index is 2.59. The number of hydrogen-bond acceptors (Lipinski definition) is 3. The number of carbonyl (C=O) groups is 3. The van der Waals surface area contributed by atoms with Crippen molar-refractivity contribution in [1.82, 2.24) is 10.2 Å². The van der Waals surface area contributed by atoms with Crippen LogP contribution in [0.15, 0.2) is 0 Å². The monoisotopic (exact) mass is 286 g/mol. The summed E-state index contributed by atoms with van der Waals surface area (Å²) >= 11 is 0. The van der Waals surface area contributed by atoms with Crippen LogP contribution < -0.4 is 5.32 Å². The molecule has 7 heteroatoms. The normalized spacial score (nSPS) is 20.2. The molecule has 1 heterocycles. The summed E-state index contributed by atoms with van der Waals surface area (Å²) < 4.78 is 0. The zero-order valence-corrected chi connectivity index (χ0v) is 11.7. The quantitative estimate of drug-likeness (QED) is 0.681. The SMILES string of the molecule is CCC1CCCCN1C(=O)NC(CCC(=O)O)C(=O)O. The fourth-order valence-electron chi connectivity index (χ4n) is 2.45. The van der Waals surface area contributed by atoms with Gasteiger partial charge < -0.3 is 20.4 Å². The molecule has 20 heavy (non-hydrogen) atoms. The number of nitrogens with one attached hydrogen (secondary N) is 1. The summed E-state index contributed by atoms with van der Waals surface area (Å²) in [5, 5.41) is 20.1. The summed E-state index contributed by atoms with van der Waals surface area (Å²) in [6, 6.07) is -1.43.